The van der Waals surface area contributed by atoms with E-state index in [9.17, 15) is 9.59 Å². The Kier molecular flexibility index (Phi) is 5.89. The molecule has 9 nitrogen and oxygen atoms in total. The van der Waals surface area contributed by atoms with Gasteiger partial charge in [-0.1, -0.05) is 0 Å². The number of hydrogen-bond acceptors (Lipinski definition) is 8. The van der Waals surface area contributed by atoms with E-state index in [0.717, 1.165) is 0 Å². The highest BCUT2D eigenvalue weighted by Crippen LogP contribution is 2.40. The number of methoxy groups -OCH3 is 3. The maximum absolute atomic E-state index is 12.7. The zero-order valence-corrected chi connectivity index (χ0v) is 16.1. The molecular weight excluding hydrogens is 380 g/mol. The fourth-order valence-electron chi connectivity index (χ4n) is 2.78. The summed E-state index contributed by atoms with van der Waals surface area (Å²) >= 11 is 0. The van der Waals surface area contributed by atoms with Crippen LogP contribution < -0.4 is 35.0 Å². The van der Waals surface area contributed by atoms with Crippen molar-refractivity contribution in [3.8, 4) is 28.7 Å². The summed E-state index contributed by atoms with van der Waals surface area (Å²) in [5, 5.41) is 0. The number of ether oxygens (including phenoxy) is 5. The average Bonchev–Trinajstić information content (AvgIpc) is 3.05. The second kappa shape index (κ2) is 8.53. The molecule has 0 fully saturated rings. The minimum Gasteiger partial charge on any atom is -0.493 e. The average molecular weight is 400 g/mol. The normalized spacial score (nSPS) is 13.5. The van der Waals surface area contributed by atoms with Crippen LogP contribution in [0.2, 0.25) is 0 Å². The molecule has 9 heteroatoms. The molecular formula is C20H20N2O7. The number of carbonyl (C=O) groups excluding carboxylic acids is 2. The van der Waals surface area contributed by atoms with E-state index in [1.165, 1.54) is 27.4 Å². The maximum Gasteiger partial charge on any atom is 0.271 e. The molecule has 0 aromatic heterocycles. The van der Waals surface area contributed by atoms with Crippen molar-refractivity contribution < 1.29 is 33.3 Å². The van der Waals surface area contributed by atoms with E-state index >= 15 is 0 Å². The van der Waals surface area contributed by atoms with Crippen molar-refractivity contribution in [3.05, 3.63) is 47.2 Å². The molecule has 0 saturated heterocycles. The molecule has 1 aliphatic rings. The molecule has 0 radical (unpaired) electrons. The van der Waals surface area contributed by atoms with Crippen LogP contribution in [0.4, 0.5) is 0 Å². The predicted molar refractivity (Wildman–Crippen MR) is 103 cm³/mol. The lowest BCUT2D eigenvalue weighted by Gasteiger charge is -2.13. The van der Waals surface area contributed by atoms with E-state index in [4.69, 9.17) is 29.5 Å². The van der Waals surface area contributed by atoms with Crippen molar-refractivity contribution >= 4 is 17.8 Å². The smallest absolute Gasteiger partial charge is 0.271 e. The van der Waals surface area contributed by atoms with Crippen molar-refractivity contribution in [1.29, 1.82) is 0 Å². The van der Waals surface area contributed by atoms with Gasteiger partial charge in [0.2, 0.25) is 11.5 Å². The van der Waals surface area contributed by atoms with Crippen LogP contribution in [0.5, 0.6) is 28.7 Å². The summed E-state index contributed by atoms with van der Waals surface area (Å²) < 4.78 is 27.0. The van der Waals surface area contributed by atoms with E-state index in [1.54, 1.807) is 30.3 Å². The van der Waals surface area contributed by atoms with Crippen LogP contribution in [0, 0.1) is 0 Å². The van der Waals surface area contributed by atoms with E-state index < -0.39 is 5.91 Å². The van der Waals surface area contributed by atoms with Crippen molar-refractivity contribution in [3.63, 3.8) is 0 Å². The fraction of sp³-hybridized carbons (Fsp3) is 0.200. The van der Waals surface area contributed by atoms with Crippen LogP contribution >= 0.6 is 0 Å². The first kappa shape index (κ1) is 20.0. The third kappa shape index (κ3) is 4.09. The lowest BCUT2D eigenvalue weighted by atomic mass is 10.1. The number of ketones is 1. The maximum atomic E-state index is 12.7. The first-order valence-electron chi connectivity index (χ1n) is 8.51. The number of Topliss-reactive ketones (excluding diaryl/α,β-unsaturated/α-hetero) is 1. The van der Waals surface area contributed by atoms with Crippen molar-refractivity contribution in [2.75, 3.05) is 27.9 Å². The summed E-state index contributed by atoms with van der Waals surface area (Å²) in [4.78, 5) is 23.8. The fourth-order valence-corrected chi connectivity index (χ4v) is 2.78. The third-order valence-corrected chi connectivity index (χ3v) is 4.16. The number of hydrogen-bond donors (Lipinski definition) is 2. The highest BCUT2D eigenvalue weighted by atomic mass is 16.5. The summed E-state index contributed by atoms with van der Waals surface area (Å²) in [6, 6.07) is 8.09. The summed E-state index contributed by atoms with van der Waals surface area (Å²) in [5.41, 5.74) is 2.99. The van der Waals surface area contributed by atoms with E-state index in [1.807, 2.05) is 5.43 Å². The Morgan fingerprint density at radius 3 is 2.38 bits per heavy atom. The van der Waals surface area contributed by atoms with Gasteiger partial charge < -0.3 is 23.7 Å². The standard InChI is InChI=1S/C20H20N2O7/c1-25-16-7-11(8-17(26-2)20(16)27-3)6-15-19(24)13-5-4-12(9-14(13)29-15)28-10-18(23)22-21/h4-9H,10,21H2,1-3H3,(H,22,23). The van der Waals surface area contributed by atoms with Gasteiger partial charge in [-0.2, -0.15) is 0 Å². The van der Waals surface area contributed by atoms with Gasteiger partial charge in [-0.05, 0) is 35.9 Å². The Morgan fingerprint density at radius 1 is 1.10 bits per heavy atom. The monoisotopic (exact) mass is 400 g/mol. The van der Waals surface area contributed by atoms with Crippen LogP contribution in [0.15, 0.2) is 36.1 Å². The zero-order valence-electron chi connectivity index (χ0n) is 16.1. The first-order chi connectivity index (χ1) is 14.0. The van der Waals surface area contributed by atoms with E-state index in [-0.39, 0.29) is 18.1 Å². The third-order valence-electron chi connectivity index (χ3n) is 4.16. The van der Waals surface area contributed by atoms with Gasteiger partial charge in [-0.25, -0.2) is 5.84 Å². The quantitative estimate of drug-likeness (QED) is 0.312. The SMILES string of the molecule is COc1cc(C=C2Oc3cc(OCC(=O)NN)ccc3C2=O)cc(OC)c1OC. The molecule has 0 atom stereocenters. The molecule has 1 aliphatic heterocycles. The number of nitrogens with one attached hydrogen (secondary N) is 1. The Hall–Kier alpha value is -3.72. The number of rotatable bonds is 7. The second-order valence-corrected chi connectivity index (χ2v) is 5.91. The van der Waals surface area contributed by atoms with Crippen LogP contribution in [-0.4, -0.2) is 39.6 Å². The number of hydrazine groups is 1. The summed E-state index contributed by atoms with van der Waals surface area (Å²) in [5.74, 6) is 6.44. The number of benzene rings is 2. The topological polar surface area (TPSA) is 118 Å². The molecule has 0 saturated carbocycles. The minimum atomic E-state index is -0.481. The summed E-state index contributed by atoms with van der Waals surface area (Å²) in [6.07, 6.45) is 1.58. The van der Waals surface area contributed by atoms with Gasteiger partial charge in [0.1, 0.15) is 11.5 Å². The Morgan fingerprint density at radius 2 is 1.79 bits per heavy atom. The minimum absolute atomic E-state index is 0.131. The predicted octanol–water partition coefficient (Wildman–Crippen LogP) is 1.70. The molecule has 2 aromatic carbocycles. The van der Waals surface area contributed by atoms with E-state index in [0.29, 0.717) is 39.9 Å². The summed E-state index contributed by atoms with van der Waals surface area (Å²) in [6.45, 7) is -0.253. The van der Waals surface area contributed by atoms with Crippen LogP contribution in [0.25, 0.3) is 6.08 Å². The molecule has 2 aromatic rings. The molecule has 3 rings (SSSR count). The van der Waals surface area contributed by atoms with Gasteiger partial charge in [-0.15, -0.1) is 0 Å². The zero-order chi connectivity index (χ0) is 21.0. The lowest BCUT2D eigenvalue weighted by Crippen LogP contribution is -2.34. The van der Waals surface area contributed by atoms with Crippen LogP contribution in [0.3, 0.4) is 0 Å². The second-order valence-electron chi connectivity index (χ2n) is 5.91. The molecule has 29 heavy (non-hydrogen) atoms. The Labute approximate surface area is 166 Å². The van der Waals surface area contributed by atoms with Crippen LogP contribution in [0.1, 0.15) is 15.9 Å². The van der Waals surface area contributed by atoms with Gasteiger partial charge in [0, 0.05) is 6.07 Å². The highest BCUT2D eigenvalue weighted by Gasteiger charge is 2.28. The number of nitrogens with two attached hydrogens (primary N) is 1. The largest absolute Gasteiger partial charge is 0.493 e. The number of amides is 1. The molecule has 0 aliphatic carbocycles. The van der Waals surface area contributed by atoms with Gasteiger partial charge in [0.05, 0.1) is 26.9 Å². The van der Waals surface area contributed by atoms with E-state index in [2.05, 4.69) is 0 Å². The molecule has 0 bridgehead atoms. The number of allylic oxidation sites excluding steroid dienone is 1. The van der Waals surface area contributed by atoms with Crippen molar-refractivity contribution in [2.24, 2.45) is 5.84 Å². The first-order valence-corrected chi connectivity index (χ1v) is 8.51. The molecule has 1 heterocycles. The van der Waals surface area contributed by atoms with Gasteiger partial charge in [0.25, 0.3) is 5.91 Å². The number of carbonyl (C=O) groups is 2. The summed E-state index contributed by atoms with van der Waals surface area (Å²) in [7, 11) is 4.52. The van der Waals surface area contributed by atoms with Gasteiger partial charge in [0.15, 0.2) is 23.9 Å². The van der Waals surface area contributed by atoms with Gasteiger partial charge in [-0.3, -0.25) is 15.0 Å². The molecule has 0 unspecified atom stereocenters. The molecule has 152 valence electrons. The number of fused-ring (bicyclic) bond motifs is 1. The molecule has 1 amide bonds. The van der Waals surface area contributed by atoms with Crippen molar-refractivity contribution in [1.82, 2.24) is 5.43 Å². The lowest BCUT2D eigenvalue weighted by molar-refractivity contribution is -0.123. The van der Waals surface area contributed by atoms with Crippen molar-refractivity contribution in [2.45, 2.75) is 0 Å². The Balaban J connectivity index is 1.88. The highest BCUT2D eigenvalue weighted by molar-refractivity contribution is 6.14. The van der Waals surface area contributed by atoms with Crippen LogP contribution in [-0.2, 0) is 4.79 Å². The van der Waals surface area contributed by atoms with Gasteiger partial charge >= 0.3 is 0 Å². The Bertz CT molecular complexity index is 960. The molecule has 3 N–H and O–H groups in total. The molecule has 0 spiro atoms.